The standard InChI is InChI=1S/C19H24IN5S/c1-19(2)10-16-14(11-23(19)3)13-9-12(20)5-6-15(13)25(16)8-7-17-21-22-18(26)24(17)4/h5-6,9H,7-8,10-11H2,1-4H3,(H,22,26). The molecule has 5 nitrogen and oxygen atoms in total. The fourth-order valence-corrected chi connectivity index (χ4v) is 4.54. The van der Waals surface area contributed by atoms with Crippen molar-refractivity contribution >= 4 is 45.7 Å². The Morgan fingerprint density at radius 3 is 2.77 bits per heavy atom. The van der Waals surface area contributed by atoms with Gasteiger partial charge in [-0.15, -0.1) is 0 Å². The number of benzene rings is 1. The summed E-state index contributed by atoms with van der Waals surface area (Å²) in [7, 11) is 4.21. The highest BCUT2D eigenvalue weighted by Gasteiger charge is 2.34. The van der Waals surface area contributed by atoms with Crippen LogP contribution in [-0.4, -0.2) is 36.8 Å². The minimum Gasteiger partial charge on any atom is -0.344 e. The summed E-state index contributed by atoms with van der Waals surface area (Å²) in [6.45, 7) is 6.58. The molecule has 138 valence electrons. The van der Waals surface area contributed by atoms with Crippen LogP contribution in [0.1, 0.15) is 30.9 Å². The third-order valence-corrected chi connectivity index (χ3v) is 6.84. The molecule has 7 heteroatoms. The maximum atomic E-state index is 5.25. The largest absolute Gasteiger partial charge is 0.344 e. The van der Waals surface area contributed by atoms with E-state index < -0.39 is 0 Å². The summed E-state index contributed by atoms with van der Waals surface area (Å²) in [5.41, 5.74) is 4.45. The summed E-state index contributed by atoms with van der Waals surface area (Å²) in [6.07, 6.45) is 1.92. The van der Waals surface area contributed by atoms with E-state index in [4.69, 9.17) is 12.2 Å². The first-order chi connectivity index (χ1) is 12.3. The number of likely N-dealkylation sites (N-methyl/N-ethyl adjacent to an activating group) is 1. The van der Waals surface area contributed by atoms with E-state index in [9.17, 15) is 0 Å². The molecular weight excluding hydrogens is 457 g/mol. The number of rotatable bonds is 3. The zero-order valence-corrected chi connectivity index (χ0v) is 18.6. The number of aromatic nitrogens is 4. The molecular formula is C19H24IN5S. The summed E-state index contributed by atoms with van der Waals surface area (Å²) in [5, 5.41) is 8.67. The van der Waals surface area contributed by atoms with Crippen molar-refractivity contribution in [1.82, 2.24) is 24.2 Å². The van der Waals surface area contributed by atoms with Gasteiger partial charge in [-0.05, 0) is 79.5 Å². The first-order valence-electron chi connectivity index (χ1n) is 8.89. The highest BCUT2D eigenvalue weighted by molar-refractivity contribution is 14.1. The second-order valence-electron chi connectivity index (χ2n) is 7.84. The average molecular weight is 481 g/mol. The number of nitrogens with one attached hydrogen (secondary N) is 1. The topological polar surface area (TPSA) is 41.8 Å². The highest BCUT2D eigenvalue weighted by Crippen LogP contribution is 2.37. The Hall–Kier alpha value is -1.19. The van der Waals surface area contributed by atoms with E-state index in [1.165, 1.54) is 25.7 Å². The SMILES string of the molecule is CN1Cc2c(n(CCc3n[nH]c(=S)n3C)c3ccc(I)cc23)CC1(C)C. The van der Waals surface area contributed by atoms with Gasteiger partial charge in [-0.1, -0.05) is 0 Å². The van der Waals surface area contributed by atoms with E-state index in [0.29, 0.717) is 4.77 Å². The number of H-pyrrole nitrogens is 1. The van der Waals surface area contributed by atoms with Gasteiger partial charge in [0.15, 0.2) is 4.77 Å². The second kappa shape index (κ2) is 6.45. The fraction of sp³-hybridized carbons (Fsp3) is 0.474. The molecule has 2 aromatic heterocycles. The molecule has 3 aromatic rings. The van der Waals surface area contributed by atoms with Crippen LogP contribution < -0.4 is 0 Å². The van der Waals surface area contributed by atoms with Crippen LogP contribution in [0.5, 0.6) is 0 Å². The minimum atomic E-state index is 0.164. The molecule has 0 saturated heterocycles. The fourth-order valence-electron chi connectivity index (χ4n) is 3.89. The van der Waals surface area contributed by atoms with Crippen LogP contribution in [0.3, 0.4) is 0 Å². The molecule has 1 N–H and O–H groups in total. The molecule has 0 atom stereocenters. The zero-order valence-electron chi connectivity index (χ0n) is 15.6. The Bertz CT molecular complexity index is 1040. The van der Waals surface area contributed by atoms with Gasteiger partial charge < -0.3 is 9.13 Å². The third kappa shape index (κ3) is 2.93. The van der Waals surface area contributed by atoms with Crippen LogP contribution >= 0.6 is 34.8 Å². The lowest BCUT2D eigenvalue weighted by Gasteiger charge is -2.40. The monoisotopic (exact) mass is 481 g/mol. The molecule has 1 aliphatic heterocycles. The predicted molar refractivity (Wildman–Crippen MR) is 116 cm³/mol. The van der Waals surface area contributed by atoms with E-state index in [1.54, 1.807) is 0 Å². The Balaban J connectivity index is 1.81. The lowest BCUT2D eigenvalue weighted by molar-refractivity contribution is 0.130. The van der Waals surface area contributed by atoms with E-state index >= 15 is 0 Å². The first kappa shape index (κ1) is 18.2. The van der Waals surface area contributed by atoms with E-state index in [1.807, 2.05) is 11.6 Å². The normalized spacial score (nSPS) is 17.0. The smallest absolute Gasteiger partial charge is 0.194 e. The Morgan fingerprint density at radius 2 is 2.08 bits per heavy atom. The number of nitrogens with zero attached hydrogens (tertiary/aromatic N) is 4. The maximum Gasteiger partial charge on any atom is 0.194 e. The predicted octanol–water partition coefficient (Wildman–Crippen LogP) is 4.05. The molecule has 1 aliphatic rings. The summed E-state index contributed by atoms with van der Waals surface area (Å²) in [5.74, 6) is 1.00. The number of fused-ring (bicyclic) bond motifs is 3. The average Bonchev–Trinajstić information content (AvgIpc) is 3.04. The number of hydrogen-bond acceptors (Lipinski definition) is 3. The molecule has 1 aromatic carbocycles. The van der Waals surface area contributed by atoms with Crippen LogP contribution in [0.4, 0.5) is 0 Å². The molecule has 0 spiro atoms. The van der Waals surface area contributed by atoms with Gasteiger partial charge in [-0.3, -0.25) is 10.00 Å². The first-order valence-corrected chi connectivity index (χ1v) is 10.4. The van der Waals surface area contributed by atoms with Crippen LogP contribution in [0.25, 0.3) is 10.9 Å². The van der Waals surface area contributed by atoms with Crippen LogP contribution in [0, 0.1) is 8.34 Å². The van der Waals surface area contributed by atoms with Gasteiger partial charge >= 0.3 is 0 Å². The molecule has 0 unspecified atom stereocenters. The summed E-state index contributed by atoms with van der Waals surface area (Å²) in [4.78, 5) is 2.47. The molecule has 26 heavy (non-hydrogen) atoms. The van der Waals surface area contributed by atoms with Gasteiger partial charge in [0, 0.05) is 58.7 Å². The van der Waals surface area contributed by atoms with E-state index in [0.717, 1.165) is 31.8 Å². The summed E-state index contributed by atoms with van der Waals surface area (Å²) < 4.78 is 6.44. The van der Waals surface area contributed by atoms with Crippen molar-refractivity contribution in [1.29, 1.82) is 0 Å². The zero-order chi connectivity index (χ0) is 18.6. The number of halogens is 1. The van der Waals surface area contributed by atoms with Crippen molar-refractivity contribution in [3.05, 3.63) is 43.6 Å². The quantitative estimate of drug-likeness (QED) is 0.454. The maximum absolute atomic E-state index is 5.25. The van der Waals surface area contributed by atoms with Crippen LogP contribution in [0.2, 0.25) is 0 Å². The third-order valence-electron chi connectivity index (χ3n) is 5.81. The molecule has 0 saturated carbocycles. The molecule has 3 heterocycles. The van der Waals surface area contributed by atoms with Crippen molar-refractivity contribution in [2.24, 2.45) is 7.05 Å². The van der Waals surface area contributed by atoms with Crippen LogP contribution in [0.15, 0.2) is 18.2 Å². The number of aromatic amines is 1. The number of aryl methyl sites for hydroxylation is 2. The Morgan fingerprint density at radius 1 is 1.31 bits per heavy atom. The molecule has 0 fully saturated rings. The van der Waals surface area contributed by atoms with Gasteiger partial charge in [0.1, 0.15) is 5.82 Å². The highest BCUT2D eigenvalue weighted by atomic mass is 127. The van der Waals surface area contributed by atoms with Gasteiger partial charge in [0.2, 0.25) is 0 Å². The van der Waals surface area contributed by atoms with Crippen molar-refractivity contribution in [2.75, 3.05) is 7.05 Å². The van der Waals surface area contributed by atoms with Gasteiger partial charge in [-0.2, -0.15) is 5.10 Å². The van der Waals surface area contributed by atoms with Crippen molar-refractivity contribution in [3.63, 3.8) is 0 Å². The van der Waals surface area contributed by atoms with Crippen molar-refractivity contribution < 1.29 is 0 Å². The van der Waals surface area contributed by atoms with Gasteiger partial charge in [0.05, 0.1) is 0 Å². The molecule has 0 radical (unpaired) electrons. The lowest BCUT2D eigenvalue weighted by atomic mass is 9.89. The van der Waals surface area contributed by atoms with Crippen LogP contribution in [-0.2, 0) is 33.0 Å². The summed E-state index contributed by atoms with van der Waals surface area (Å²) in [6, 6.07) is 6.80. The van der Waals surface area contributed by atoms with Gasteiger partial charge in [-0.25, -0.2) is 0 Å². The molecule has 4 rings (SSSR count). The lowest BCUT2D eigenvalue weighted by Crippen LogP contribution is -2.46. The van der Waals surface area contributed by atoms with E-state index in [-0.39, 0.29) is 5.54 Å². The second-order valence-corrected chi connectivity index (χ2v) is 9.47. The Labute approximate surface area is 172 Å². The Kier molecular flexibility index (Phi) is 4.51. The molecule has 0 amide bonds. The van der Waals surface area contributed by atoms with Crippen molar-refractivity contribution in [2.45, 2.75) is 45.3 Å². The molecule has 0 bridgehead atoms. The minimum absolute atomic E-state index is 0.164. The van der Waals surface area contributed by atoms with Gasteiger partial charge in [0.25, 0.3) is 0 Å². The number of hydrogen-bond donors (Lipinski definition) is 1. The summed E-state index contributed by atoms with van der Waals surface area (Å²) >= 11 is 7.66. The van der Waals surface area contributed by atoms with E-state index in [2.05, 4.69) is 81.3 Å². The molecule has 0 aliphatic carbocycles. The van der Waals surface area contributed by atoms with Crippen molar-refractivity contribution in [3.8, 4) is 0 Å².